The minimum Gasteiger partial charge on any atom is -0.461 e. The Labute approximate surface area is 96.9 Å². The summed E-state index contributed by atoms with van der Waals surface area (Å²) < 4.78 is 10.7. The van der Waals surface area contributed by atoms with E-state index in [0.717, 1.165) is 52.1 Å². The molecule has 0 aromatic carbocycles. The fraction of sp³-hybridized carbons (Fsp3) is 0.917. The Morgan fingerprint density at radius 1 is 1.25 bits per heavy atom. The van der Waals surface area contributed by atoms with E-state index in [0.29, 0.717) is 6.47 Å². The summed E-state index contributed by atoms with van der Waals surface area (Å²) in [6, 6.07) is 0. The molecular formula is C12H21NO3. The molecule has 16 heavy (non-hydrogen) atoms. The largest absolute Gasteiger partial charge is 0.461 e. The highest BCUT2D eigenvalue weighted by atomic mass is 16.5. The van der Waals surface area contributed by atoms with Crippen LogP contribution in [0.3, 0.4) is 0 Å². The lowest BCUT2D eigenvalue weighted by Crippen LogP contribution is -2.40. The molecule has 0 radical (unpaired) electrons. The van der Waals surface area contributed by atoms with Crippen LogP contribution < -0.4 is 0 Å². The Morgan fingerprint density at radius 2 is 1.94 bits per heavy atom. The van der Waals surface area contributed by atoms with Crippen LogP contribution in [-0.2, 0) is 14.3 Å². The number of morpholine rings is 1. The molecular weight excluding hydrogens is 206 g/mol. The van der Waals surface area contributed by atoms with Crippen LogP contribution in [-0.4, -0.2) is 49.8 Å². The molecule has 0 aromatic heterocycles. The van der Waals surface area contributed by atoms with E-state index >= 15 is 0 Å². The number of rotatable bonds is 5. The molecule has 2 rings (SSSR count). The SMILES string of the molecule is O=COC1(CCN2CCOCC2)CCCC1. The van der Waals surface area contributed by atoms with E-state index in [1.165, 1.54) is 12.8 Å². The monoisotopic (exact) mass is 227 g/mol. The van der Waals surface area contributed by atoms with E-state index in [4.69, 9.17) is 9.47 Å². The number of carbonyl (C=O) groups is 1. The molecule has 0 N–H and O–H groups in total. The van der Waals surface area contributed by atoms with Gasteiger partial charge in [0.15, 0.2) is 0 Å². The smallest absolute Gasteiger partial charge is 0.293 e. The zero-order chi connectivity index (χ0) is 11.3. The van der Waals surface area contributed by atoms with Gasteiger partial charge in [-0.25, -0.2) is 0 Å². The van der Waals surface area contributed by atoms with Gasteiger partial charge in [-0.1, -0.05) is 0 Å². The molecule has 0 atom stereocenters. The normalized spacial score (nSPS) is 25.5. The summed E-state index contributed by atoms with van der Waals surface area (Å²) in [6.07, 6.45) is 5.44. The zero-order valence-electron chi connectivity index (χ0n) is 9.82. The molecule has 1 heterocycles. The van der Waals surface area contributed by atoms with E-state index in [1.54, 1.807) is 0 Å². The summed E-state index contributed by atoms with van der Waals surface area (Å²) in [4.78, 5) is 13.0. The Bertz CT molecular complexity index is 220. The summed E-state index contributed by atoms with van der Waals surface area (Å²) in [5.41, 5.74) is -0.153. The van der Waals surface area contributed by atoms with Crippen LogP contribution in [0.25, 0.3) is 0 Å². The maximum atomic E-state index is 10.6. The molecule has 0 amide bonds. The third-order valence-electron chi connectivity index (χ3n) is 3.80. The van der Waals surface area contributed by atoms with Crippen LogP contribution in [0.4, 0.5) is 0 Å². The van der Waals surface area contributed by atoms with Crippen molar-refractivity contribution in [1.29, 1.82) is 0 Å². The van der Waals surface area contributed by atoms with Crippen LogP contribution in [0, 0.1) is 0 Å². The average Bonchev–Trinajstić information content (AvgIpc) is 2.78. The van der Waals surface area contributed by atoms with Crippen molar-refractivity contribution >= 4 is 6.47 Å². The van der Waals surface area contributed by atoms with Crippen LogP contribution in [0.5, 0.6) is 0 Å². The van der Waals surface area contributed by atoms with Gasteiger partial charge < -0.3 is 9.47 Å². The van der Waals surface area contributed by atoms with Crippen molar-refractivity contribution in [3.8, 4) is 0 Å². The van der Waals surface area contributed by atoms with Gasteiger partial charge in [-0.2, -0.15) is 0 Å². The lowest BCUT2D eigenvalue weighted by atomic mass is 9.97. The van der Waals surface area contributed by atoms with Gasteiger partial charge in [0.2, 0.25) is 0 Å². The first kappa shape index (κ1) is 11.9. The van der Waals surface area contributed by atoms with E-state index in [-0.39, 0.29) is 5.60 Å². The average molecular weight is 227 g/mol. The molecule has 0 aromatic rings. The van der Waals surface area contributed by atoms with Gasteiger partial charge in [0, 0.05) is 19.6 Å². The highest BCUT2D eigenvalue weighted by molar-refractivity contribution is 5.38. The Morgan fingerprint density at radius 3 is 2.56 bits per heavy atom. The van der Waals surface area contributed by atoms with Crippen molar-refractivity contribution in [3.05, 3.63) is 0 Å². The number of hydrogen-bond acceptors (Lipinski definition) is 4. The standard InChI is InChI=1S/C12H21NO3/c14-11-16-12(3-1-2-4-12)5-6-13-7-9-15-10-8-13/h11H,1-10H2. The molecule has 92 valence electrons. The molecule has 1 saturated carbocycles. The van der Waals surface area contributed by atoms with Crippen LogP contribution >= 0.6 is 0 Å². The summed E-state index contributed by atoms with van der Waals surface area (Å²) >= 11 is 0. The fourth-order valence-corrected chi connectivity index (χ4v) is 2.73. The topological polar surface area (TPSA) is 38.8 Å². The maximum Gasteiger partial charge on any atom is 0.293 e. The van der Waals surface area contributed by atoms with Crippen molar-refractivity contribution in [2.45, 2.75) is 37.7 Å². The van der Waals surface area contributed by atoms with Crippen molar-refractivity contribution in [1.82, 2.24) is 4.90 Å². The van der Waals surface area contributed by atoms with E-state index in [9.17, 15) is 4.79 Å². The minimum atomic E-state index is -0.153. The first-order chi connectivity index (χ1) is 7.85. The number of nitrogens with zero attached hydrogens (tertiary/aromatic N) is 1. The quantitative estimate of drug-likeness (QED) is 0.661. The highest BCUT2D eigenvalue weighted by Crippen LogP contribution is 2.35. The van der Waals surface area contributed by atoms with Gasteiger partial charge in [-0.3, -0.25) is 9.69 Å². The van der Waals surface area contributed by atoms with Crippen molar-refractivity contribution < 1.29 is 14.3 Å². The molecule has 1 aliphatic heterocycles. The van der Waals surface area contributed by atoms with Gasteiger partial charge in [0.05, 0.1) is 13.2 Å². The first-order valence-corrected chi connectivity index (χ1v) is 6.26. The van der Waals surface area contributed by atoms with E-state index < -0.39 is 0 Å². The number of ether oxygens (including phenoxy) is 2. The second-order valence-electron chi connectivity index (χ2n) is 4.81. The molecule has 2 aliphatic rings. The van der Waals surface area contributed by atoms with Crippen molar-refractivity contribution in [2.24, 2.45) is 0 Å². The van der Waals surface area contributed by atoms with E-state index in [2.05, 4.69) is 4.90 Å². The van der Waals surface area contributed by atoms with Crippen LogP contribution in [0.2, 0.25) is 0 Å². The minimum absolute atomic E-state index is 0.153. The predicted molar refractivity (Wildman–Crippen MR) is 60.2 cm³/mol. The van der Waals surface area contributed by atoms with Crippen molar-refractivity contribution in [3.63, 3.8) is 0 Å². The van der Waals surface area contributed by atoms with Crippen molar-refractivity contribution in [2.75, 3.05) is 32.8 Å². The maximum absolute atomic E-state index is 10.6. The molecule has 0 bridgehead atoms. The van der Waals surface area contributed by atoms with E-state index in [1.807, 2.05) is 0 Å². The number of carbonyl (C=O) groups excluding carboxylic acids is 1. The lowest BCUT2D eigenvalue weighted by molar-refractivity contribution is -0.144. The Hall–Kier alpha value is -0.610. The Balaban J connectivity index is 1.78. The molecule has 4 heteroatoms. The molecule has 0 unspecified atom stereocenters. The third kappa shape index (κ3) is 2.95. The van der Waals surface area contributed by atoms with Gasteiger partial charge in [0.25, 0.3) is 6.47 Å². The van der Waals surface area contributed by atoms with Gasteiger partial charge in [-0.15, -0.1) is 0 Å². The zero-order valence-corrected chi connectivity index (χ0v) is 9.82. The first-order valence-electron chi connectivity index (χ1n) is 6.26. The molecule has 2 fully saturated rings. The summed E-state index contributed by atoms with van der Waals surface area (Å²) in [5.74, 6) is 0. The summed E-state index contributed by atoms with van der Waals surface area (Å²) in [7, 11) is 0. The predicted octanol–water partition coefficient (Wildman–Crippen LogP) is 1.19. The molecule has 0 spiro atoms. The van der Waals surface area contributed by atoms with Crippen LogP contribution in [0.15, 0.2) is 0 Å². The Kier molecular flexibility index (Phi) is 4.18. The second-order valence-corrected chi connectivity index (χ2v) is 4.81. The molecule has 1 saturated heterocycles. The van der Waals surface area contributed by atoms with Crippen LogP contribution in [0.1, 0.15) is 32.1 Å². The summed E-state index contributed by atoms with van der Waals surface area (Å²) in [5, 5.41) is 0. The lowest BCUT2D eigenvalue weighted by Gasteiger charge is -2.32. The van der Waals surface area contributed by atoms with Gasteiger partial charge in [0.1, 0.15) is 5.60 Å². The number of hydrogen-bond donors (Lipinski definition) is 0. The van der Waals surface area contributed by atoms with Gasteiger partial charge >= 0.3 is 0 Å². The fourth-order valence-electron chi connectivity index (χ4n) is 2.73. The summed E-state index contributed by atoms with van der Waals surface area (Å²) in [6.45, 7) is 5.35. The second kappa shape index (κ2) is 5.64. The van der Waals surface area contributed by atoms with Gasteiger partial charge in [-0.05, 0) is 32.1 Å². The molecule has 4 nitrogen and oxygen atoms in total. The highest BCUT2D eigenvalue weighted by Gasteiger charge is 2.35. The molecule has 1 aliphatic carbocycles. The third-order valence-corrected chi connectivity index (χ3v) is 3.80.